The maximum Gasteiger partial charge on any atom is 0.257 e. The van der Waals surface area contributed by atoms with Gasteiger partial charge in [-0.1, -0.05) is 0 Å². The summed E-state index contributed by atoms with van der Waals surface area (Å²) in [4.78, 5) is 18.7. The molecular weight excluding hydrogens is 288 g/mol. The van der Waals surface area contributed by atoms with Crippen LogP contribution in [0.15, 0.2) is 36.5 Å². The maximum atomic E-state index is 12.3. The van der Waals surface area contributed by atoms with Crippen LogP contribution in [0.1, 0.15) is 28.8 Å². The highest BCUT2D eigenvalue weighted by Gasteiger charge is 2.21. The quantitative estimate of drug-likeness (QED) is 0.890. The second kappa shape index (κ2) is 6.28. The highest BCUT2D eigenvalue weighted by molar-refractivity contribution is 6.04. The van der Waals surface area contributed by atoms with Gasteiger partial charge in [-0.3, -0.25) is 4.79 Å². The Morgan fingerprint density at radius 3 is 2.57 bits per heavy atom. The summed E-state index contributed by atoms with van der Waals surface area (Å²) in [5.74, 6) is 0.687. The van der Waals surface area contributed by atoms with Crippen molar-refractivity contribution in [2.45, 2.75) is 25.8 Å². The third-order valence-corrected chi connectivity index (χ3v) is 3.93. The molecule has 1 fully saturated rings. The molecule has 1 aromatic heterocycles. The van der Waals surface area contributed by atoms with E-state index in [1.165, 1.54) is 12.8 Å². The number of hydrogen-bond acceptors (Lipinski definition) is 4. The molecule has 0 saturated heterocycles. The van der Waals surface area contributed by atoms with E-state index in [0.717, 1.165) is 22.8 Å². The minimum absolute atomic E-state index is 0.142. The van der Waals surface area contributed by atoms with Gasteiger partial charge in [-0.2, -0.15) is 0 Å². The predicted molar refractivity (Wildman–Crippen MR) is 94.3 cm³/mol. The van der Waals surface area contributed by atoms with Gasteiger partial charge in [0, 0.05) is 37.7 Å². The Bertz CT molecular complexity index is 705. The minimum Gasteiger partial charge on any atom is -0.378 e. The van der Waals surface area contributed by atoms with Crippen molar-refractivity contribution in [1.29, 1.82) is 0 Å². The zero-order valence-corrected chi connectivity index (χ0v) is 13.8. The first-order valence-corrected chi connectivity index (χ1v) is 7.85. The van der Waals surface area contributed by atoms with Crippen LogP contribution < -0.4 is 15.5 Å². The zero-order valence-electron chi connectivity index (χ0n) is 13.8. The molecule has 23 heavy (non-hydrogen) atoms. The van der Waals surface area contributed by atoms with Crippen molar-refractivity contribution in [2.75, 3.05) is 29.6 Å². The van der Waals surface area contributed by atoms with Gasteiger partial charge in [-0.05, 0) is 55.7 Å². The Balaban J connectivity index is 1.68. The molecule has 1 heterocycles. The number of hydrogen-bond donors (Lipinski definition) is 2. The van der Waals surface area contributed by atoms with Crippen molar-refractivity contribution in [3.05, 3.63) is 47.7 Å². The molecule has 0 unspecified atom stereocenters. The number of carbonyl (C=O) groups is 1. The fourth-order valence-corrected chi connectivity index (χ4v) is 2.31. The van der Waals surface area contributed by atoms with Crippen molar-refractivity contribution in [3.8, 4) is 0 Å². The van der Waals surface area contributed by atoms with Gasteiger partial charge >= 0.3 is 0 Å². The van der Waals surface area contributed by atoms with Crippen molar-refractivity contribution in [1.82, 2.24) is 4.98 Å². The van der Waals surface area contributed by atoms with E-state index in [2.05, 4.69) is 21.7 Å². The number of amides is 1. The monoisotopic (exact) mass is 310 g/mol. The van der Waals surface area contributed by atoms with E-state index in [0.29, 0.717) is 11.6 Å². The molecule has 0 bridgehead atoms. The molecule has 2 N–H and O–H groups in total. The lowest BCUT2D eigenvalue weighted by Gasteiger charge is -2.15. The summed E-state index contributed by atoms with van der Waals surface area (Å²) in [5, 5.41) is 6.26. The third-order valence-electron chi connectivity index (χ3n) is 3.93. The van der Waals surface area contributed by atoms with Crippen molar-refractivity contribution in [2.24, 2.45) is 0 Å². The summed E-state index contributed by atoms with van der Waals surface area (Å²) in [6.45, 7) is 1.99. The summed E-state index contributed by atoms with van der Waals surface area (Å²) >= 11 is 0. The van der Waals surface area contributed by atoms with Gasteiger partial charge in [0.05, 0.1) is 5.56 Å². The van der Waals surface area contributed by atoms with Gasteiger partial charge in [-0.25, -0.2) is 4.98 Å². The van der Waals surface area contributed by atoms with Crippen LogP contribution in [0.2, 0.25) is 0 Å². The van der Waals surface area contributed by atoms with Crippen LogP contribution in [-0.2, 0) is 0 Å². The van der Waals surface area contributed by atoms with Crippen LogP contribution in [0.25, 0.3) is 0 Å². The first kappa shape index (κ1) is 15.3. The topological polar surface area (TPSA) is 57.3 Å². The molecule has 5 heteroatoms. The van der Waals surface area contributed by atoms with Gasteiger partial charge in [0.2, 0.25) is 0 Å². The average Bonchev–Trinajstić information content (AvgIpc) is 3.33. The SMILES string of the molecule is Cc1cc(N(C)C)ccc1NC(=O)c1ccc(NC2CC2)nc1. The average molecular weight is 310 g/mol. The van der Waals surface area contributed by atoms with Crippen LogP contribution in [0.3, 0.4) is 0 Å². The fourth-order valence-electron chi connectivity index (χ4n) is 2.31. The number of anilines is 3. The Kier molecular flexibility index (Phi) is 4.19. The zero-order chi connectivity index (χ0) is 16.4. The Hall–Kier alpha value is -2.56. The molecule has 0 aliphatic heterocycles. The summed E-state index contributed by atoms with van der Waals surface area (Å²) in [6, 6.07) is 10.2. The van der Waals surface area contributed by atoms with E-state index < -0.39 is 0 Å². The molecule has 1 saturated carbocycles. The molecular formula is C18H22N4O. The molecule has 2 aromatic rings. The number of rotatable bonds is 5. The lowest BCUT2D eigenvalue weighted by Crippen LogP contribution is -2.14. The molecule has 0 atom stereocenters. The van der Waals surface area contributed by atoms with Gasteiger partial charge in [0.15, 0.2) is 0 Å². The fraction of sp³-hybridized carbons (Fsp3) is 0.333. The summed E-state index contributed by atoms with van der Waals surface area (Å²) < 4.78 is 0. The molecule has 0 spiro atoms. The first-order chi connectivity index (χ1) is 11.0. The largest absolute Gasteiger partial charge is 0.378 e. The highest BCUT2D eigenvalue weighted by atomic mass is 16.1. The predicted octanol–water partition coefficient (Wildman–Crippen LogP) is 3.28. The second-order valence-corrected chi connectivity index (χ2v) is 6.20. The lowest BCUT2D eigenvalue weighted by molar-refractivity contribution is 0.102. The van der Waals surface area contributed by atoms with Gasteiger partial charge < -0.3 is 15.5 Å². The van der Waals surface area contributed by atoms with E-state index in [9.17, 15) is 4.79 Å². The molecule has 5 nitrogen and oxygen atoms in total. The van der Waals surface area contributed by atoms with E-state index in [1.54, 1.807) is 12.3 Å². The number of aryl methyl sites for hydroxylation is 1. The Morgan fingerprint density at radius 1 is 1.22 bits per heavy atom. The van der Waals surface area contributed by atoms with Crippen LogP contribution in [0, 0.1) is 6.92 Å². The van der Waals surface area contributed by atoms with Crippen molar-refractivity contribution < 1.29 is 4.79 Å². The molecule has 120 valence electrons. The van der Waals surface area contributed by atoms with Crippen LogP contribution in [0.5, 0.6) is 0 Å². The highest BCUT2D eigenvalue weighted by Crippen LogP contribution is 2.24. The standard InChI is InChI=1S/C18H22N4O/c1-12-10-15(22(2)3)7-8-16(12)21-18(23)13-4-9-17(19-11-13)20-14-5-6-14/h4,7-11,14H,5-6H2,1-3H3,(H,19,20)(H,21,23). The van der Waals surface area contributed by atoms with Gasteiger partial charge in [0.25, 0.3) is 5.91 Å². The number of pyridine rings is 1. The van der Waals surface area contributed by atoms with E-state index >= 15 is 0 Å². The number of carbonyl (C=O) groups excluding carboxylic acids is 1. The Labute approximate surface area is 136 Å². The van der Waals surface area contributed by atoms with Gasteiger partial charge in [-0.15, -0.1) is 0 Å². The van der Waals surface area contributed by atoms with E-state index in [4.69, 9.17) is 0 Å². The summed E-state index contributed by atoms with van der Waals surface area (Å²) in [5.41, 5.74) is 3.52. The van der Waals surface area contributed by atoms with Crippen molar-refractivity contribution >= 4 is 23.1 Å². The molecule has 1 amide bonds. The number of nitrogens with one attached hydrogen (secondary N) is 2. The van der Waals surface area contributed by atoms with Crippen molar-refractivity contribution in [3.63, 3.8) is 0 Å². The number of aromatic nitrogens is 1. The maximum absolute atomic E-state index is 12.3. The minimum atomic E-state index is -0.142. The molecule has 1 aliphatic carbocycles. The summed E-state index contributed by atoms with van der Waals surface area (Å²) in [7, 11) is 3.99. The third kappa shape index (κ3) is 3.80. The second-order valence-electron chi connectivity index (χ2n) is 6.20. The number of benzene rings is 1. The molecule has 1 aromatic carbocycles. The van der Waals surface area contributed by atoms with Crippen LogP contribution >= 0.6 is 0 Å². The van der Waals surface area contributed by atoms with E-state index in [-0.39, 0.29) is 5.91 Å². The molecule has 0 radical (unpaired) electrons. The van der Waals surface area contributed by atoms with Crippen LogP contribution in [0.4, 0.5) is 17.2 Å². The first-order valence-electron chi connectivity index (χ1n) is 7.85. The molecule has 1 aliphatic rings. The Morgan fingerprint density at radius 2 is 2.00 bits per heavy atom. The smallest absolute Gasteiger partial charge is 0.257 e. The summed E-state index contributed by atoms with van der Waals surface area (Å²) in [6.07, 6.45) is 4.02. The van der Waals surface area contributed by atoms with Crippen LogP contribution in [-0.4, -0.2) is 31.0 Å². The normalized spacial score (nSPS) is 13.5. The van der Waals surface area contributed by atoms with E-state index in [1.807, 2.05) is 44.1 Å². The number of nitrogens with zero attached hydrogens (tertiary/aromatic N) is 2. The lowest BCUT2D eigenvalue weighted by atomic mass is 10.1. The van der Waals surface area contributed by atoms with Gasteiger partial charge in [0.1, 0.15) is 5.82 Å². The molecule has 3 rings (SSSR count).